The van der Waals surface area contributed by atoms with Crippen LogP contribution in [0, 0.1) is 33.3 Å². The van der Waals surface area contributed by atoms with Crippen LogP contribution in [-0.2, 0) is 11.3 Å². The number of hydrogen-bond donors (Lipinski definition) is 1. The molecule has 7 heteroatoms. The Balaban J connectivity index is 1.39. The lowest BCUT2D eigenvalue weighted by molar-refractivity contribution is -0.389. The van der Waals surface area contributed by atoms with E-state index in [1.165, 1.54) is 55.5 Å². The van der Waals surface area contributed by atoms with Crippen molar-refractivity contribution in [2.75, 3.05) is 0 Å². The Morgan fingerprint density at radius 1 is 1.38 bits per heavy atom. The van der Waals surface area contributed by atoms with Crippen molar-refractivity contribution in [2.24, 2.45) is 23.2 Å². The van der Waals surface area contributed by atoms with Gasteiger partial charge in [-0.05, 0) is 73.5 Å². The Hall–Kier alpha value is -1.92. The Kier molecular flexibility index (Phi) is 3.62. The zero-order valence-corrected chi connectivity index (χ0v) is 14.0. The Bertz CT molecular complexity index is 633. The van der Waals surface area contributed by atoms with Gasteiger partial charge in [-0.2, -0.15) is 4.68 Å². The summed E-state index contributed by atoms with van der Waals surface area (Å²) in [6.07, 6.45) is 9.37. The summed E-state index contributed by atoms with van der Waals surface area (Å²) in [4.78, 5) is 22.5. The molecule has 0 aliphatic heterocycles. The van der Waals surface area contributed by atoms with Gasteiger partial charge < -0.3 is 15.4 Å². The minimum atomic E-state index is -0.549. The summed E-state index contributed by atoms with van der Waals surface area (Å²) >= 11 is 0. The third-order valence-corrected chi connectivity index (χ3v) is 6.50. The fourth-order valence-electron chi connectivity index (χ4n) is 5.83. The summed E-state index contributed by atoms with van der Waals surface area (Å²) in [6, 6.07) is 1.47. The molecular formula is C17H24N4O3. The van der Waals surface area contributed by atoms with E-state index < -0.39 is 4.92 Å². The molecular weight excluding hydrogens is 308 g/mol. The number of aromatic nitrogens is 2. The van der Waals surface area contributed by atoms with Crippen LogP contribution in [0.25, 0.3) is 0 Å². The maximum Gasteiger partial charge on any atom is 0.389 e. The molecule has 4 aliphatic rings. The van der Waals surface area contributed by atoms with Crippen molar-refractivity contribution in [3.63, 3.8) is 0 Å². The summed E-state index contributed by atoms with van der Waals surface area (Å²) in [5.41, 5.74) is 0.264. The van der Waals surface area contributed by atoms with Crippen LogP contribution >= 0.6 is 0 Å². The fraction of sp³-hybridized carbons (Fsp3) is 0.765. The molecule has 4 fully saturated rings. The first-order chi connectivity index (χ1) is 11.4. The number of hydrogen-bond acceptors (Lipinski definition) is 4. The van der Waals surface area contributed by atoms with Crippen molar-refractivity contribution in [1.82, 2.24) is 15.1 Å². The van der Waals surface area contributed by atoms with E-state index in [0.717, 1.165) is 17.8 Å². The van der Waals surface area contributed by atoms with Gasteiger partial charge in [-0.1, -0.05) is 0 Å². The van der Waals surface area contributed by atoms with E-state index in [1.807, 2.05) is 0 Å². The van der Waals surface area contributed by atoms with E-state index in [-0.39, 0.29) is 29.7 Å². The molecule has 0 spiro atoms. The number of amides is 1. The lowest BCUT2D eigenvalue weighted by Crippen LogP contribution is -2.56. The minimum absolute atomic E-state index is 0.0323. The molecule has 4 aliphatic carbocycles. The predicted molar refractivity (Wildman–Crippen MR) is 87.1 cm³/mol. The molecule has 1 amide bonds. The molecule has 0 aromatic carbocycles. The zero-order valence-electron chi connectivity index (χ0n) is 14.0. The summed E-state index contributed by atoms with van der Waals surface area (Å²) in [5, 5.41) is 17.6. The average Bonchev–Trinajstić information content (AvgIpc) is 2.94. The van der Waals surface area contributed by atoms with Crippen molar-refractivity contribution in [2.45, 2.75) is 58.0 Å². The molecule has 1 unspecified atom stereocenters. The first-order valence-corrected chi connectivity index (χ1v) is 8.91. The second-order valence-electron chi connectivity index (χ2n) is 8.20. The normalized spacial score (nSPS) is 35.0. The van der Waals surface area contributed by atoms with E-state index in [0.29, 0.717) is 0 Å². The van der Waals surface area contributed by atoms with E-state index in [4.69, 9.17) is 0 Å². The molecule has 1 aromatic rings. The lowest BCUT2D eigenvalue weighted by atomic mass is 9.48. The van der Waals surface area contributed by atoms with Gasteiger partial charge in [0.1, 0.15) is 6.54 Å². The van der Waals surface area contributed by atoms with Crippen molar-refractivity contribution < 1.29 is 9.72 Å². The highest BCUT2D eigenvalue weighted by Gasteiger charge is 2.53. The smallest absolute Gasteiger partial charge is 0.358 e. The van der Waals surface area contributed by atoms with Crippen LogP contribution in [0.3, 0.4) is 0 Å². The first-order valence-electron chi connectivity index (χ1n) is 8.91. The SMILES string of the molecule is CC(NC(=O)Cn1ccc([N+](=O)[O-])n1)C12CC3CC(CC(C3)C1)C2. The number of nitro groups is 1. The Morgan fingerprint density at radius 2 is 1.96 bits per heavy atom. The molecule has 7 nitrogen and oxygen atoms in total. The van der Waals surface area contributed by atoms with Gasteiger partial charge in [0, 0.05) is 6.04 Å². The van der Waals surface area contributed by atoms with Crippen LogP contribution < -0.4 is 5.32 Å². The molecule has 4 saturated carbocycles. The summed E-state index contributed by atoms with van der Waals surface area (Å²) < 4.78 is 1.33. The van der Waals surface area contributed by atoms with Gasteiger partial charge in [0.2, 0.25) is 5.91 Å². The number of nitrogens with zero attached hydrogens (tertiary/aromatic N) is 3. The molecule has 4 bridgehead atoms. The Labute approximate surface area is 140 Å². The minimum Gasteiger partial charge on any atom is -0.358 e. The third-order valence-electron chi connectivity index (χ3n) is 6.50. The average molecular weight is 332 g/mol. The second kappa shape index (κ2) is 5.57. The van der Waals surface area contributed by atoms with Gasteiger partial charge >= 0.3 is 5.82 Å². The van der Waals surface area contributed by atoms with Crippen molar-refractivity contribution >= 4 is 11.7 Å². The van der Waals surface area contributed by atoms with Crippen LogP contribution in [0.4, 0.5) is 5.82 Å². The van der Waals surface area contributed by atoms with Crippen LogP contribution in [0.15, 0.2) is 12.3 Å². The highest BCUT2D eigenvalue weighted by Crippen LogP contribution is 2.61. The Morgan fingerprint density at radius 3 is 2.46 bits per heavy atom. The maximum absolute atomic E-state index is 12.4. The summed E-state index contributed by atoms with van der Waals surface area (Å²) in [7, 11) is 0. The number of carbonyl (C=O) groups excluding carboxylic acids is 1. The highest BCUT2D eigenvalue weighted by atomic mass is 16.6. The molecule has 1 aromatic heterocycles. The number of rotatable bonds is 5. The summed E-state index contributed by atoms with van der Waals surface area (Å²) in [5.74, 6) is 2.21. The topological polar surface area (TPSA) is 90.1 Å². The molecule has 0 radical (unpaired) electrons. The van der Waals surface area contributed by atoms with Gasteiger partial charge in [-0.15, -0.1) is 0 Å². The standard InChI is InChI=1S/C17H24N4O3/c1-11(17-7-12-4-13(8-17)6-14(5-12)9-17)18-16(22)10-20-3-2-15(19-20)21(23)24/h2-3,11-14H,4-10H2,1H3,(H,18,22). The third kappa shape index (κ3) is 2.70. The highest BCUT2D eigenvalue weighted by molar-refractivity contribution is 5.76. The fourth-order valence-corrected chi connectivity index (χ4v) is 5.83. The van der Waals surface area contributed by atoms with Crippen molar-refractivity contribution in [1.29, 1.82) is 0 Å². The number of nitrogens with one attached hydrogen (secondary N) is 1. The van der Waals surface area contributed by atoms with E-state index in [9.17, 15) is 14.9 Å². The summed E-state index contributed by atoms with van der Waals surface area (Å²) in [6.45, 7) is 2.17. The molecule has 1 N–H and O–H groups in total. The van der Waals surface area contributed by atoms with E-state index >= 15 is 0 Å². The molecule has 24 heavy (non-hydrogen) atoms. The van der Waals surface area contributed by atoms with Gasteiger partial charge in [-0.3, -0.25) is 4.79 Å². The lowest BCUT2D eigenvalue weighted by Gasteiger charge is -2.59. The largest absolute Gasteiger partial charge is 0.389 e. The first kappa shape index (κ1) is 15.6. The number of carbonyl (C=O) groups is 1. The van der Waals surface area contributed by atoms with E-state index in [2.05, 4.69) is 17.3 Å². The predicted octanol–water partition coefficient (Wildman–Crippen LogP) is 2.51. The van der Waals surface area contributed by atoms with Crippen LogP contribution in [0.1, 0.15) is 45.4 Å². The quantitative estimate of drug-likeness (QED) is 0.662. The maximum atomic E-state index is 12.4. The van der Waals surface area contributed by atoms with Gasteiger partial charge in [-0.25, -0.2) is 0 Å². The molecule has 5 rings (SSSR count). The van der Waals surface area contributed by atoms with Crippen molar-refractivity contribution in [3.8, 4) is 0 Å². The van der Waals surface area contributed by atoms with Crippen LogP contribution in [-0.4, -0.2) is 26.7 Å². The van der Waals surface area contributed by atoms with Crippen LogP contribution in [0.5, 0.6) is 0 Å². The van der Waals surface area contributed by atoms with Gasteiger partial charge in [0.25, 0.3) is 0 Å². The monoisotopic (exact) mass is 332 g/mol. The molecule has 130 valence electrons. The van der Waals surface area contributed by atoms with E-state index in [1.54, 1.807) is 0 Å². The molecule has 1 atom stereocenters. The van der Waals surface area contributed by atoms with Crippen LogP contribution in [0.2, 0.25) is 0 Å². The molecule has 1 heterocycles. The van der Waals surface area contributed by atoms with Crippen molar-refractivity contribution in [3.05, 3.63) is 22.4 Å². The van der Waals surface area contributed by atoms with Gasteiger partial charge in [0.05, 0.1) is 17.4 Å². The second-order valence-corrected chi connectivity index (χ2v) is 8.20. The zero-order chi connectivity index (χ0) is 16.9. The van der Waals surface area contributed by atoms with Gasteiger partial charge in [0.15, 0.2) is 0 Å². The molecule has 0 saturated heterocycles.